The van der Waals surface area contributed by atoms with Crippen molar-refractivity contribution < 1.29 is 4.79 Å². The van der Waals surface area contributed by atoms with Gasteiger partial charge in [-0.05, 0) is 37.8 Å². The molecule has 2 rings (SSSR count). The lowest BCUT2D eigenvalue weighted by atomic mass is 9.91. The highest BCUT2D eigenvalue weighted by Crippen LogP contribution is 2.32. The largest absolute Gasteiger partial charge is 0.369 e. The molecule has 0 aromatic heterocycles. The van der Waals surface area contributed by atoms with Crippen molar-refractivity contribution >= 4 is 11.6 Å². The number of hydrogen-bond donors (Lipinski definition) is 2. The number of carbonyl (C=O) groups is 1. The lowest BCUT2D eigenvalue weighted by Gasteiger charge is -2.40. The van der Waals surface area contributed by atoms with Gasteiger partial charge in [-0.2, -0.15) is 0 Å². The maximum Gasteiger partial charge on any atom is 0.222 e. The van der Waals surface area contributed by atoms with E-state index in [0.29, 0.717) is 19.1 Å². The number of anilines is 1. The minimum Gasteiger partial charge on any atom is -0.369 e. The Morgan fingerprint density at radius 1 is 1.42 bits per heavy atom. The first kappa shape index (κ1) is 13.9. The van der Waals surface area contributed by atoms with Gasteiger partial charge in [-0.15, -0.1) is 0 Å². The zero-order valence-electron chi connectivity index (χ0n) is 11.7. The van der Waals surface area contributed by atoms with E-state index in [1.807, 2.05) is 6.07 Å². The topological polar surface area (TPSA) is 72.3 Å². The minimum absolute atomic E-state index is 0.0542. The van der Waals surface area contributed by atoms with Crippen LogP contribution in [0.4, 0.5) is 5.69 Å². The number of hydrogen-bond acceptors (Lipinski definition) is 3. The molecule has 1 fully saturated rings. The number of nitrogens with two attached hydrogens (primary N) is 2. The lowest BCUT2D eigenvalue weighted by molar-refractivity contribution is -0.122. The van der Waals surface area contributed by atoms with Crippen molar-refractivity contribution in [1.29, 1.82) is 0 Å². The van der Waals surface area contributed by atoms with Crippen molar-refractivity contribution in [2.45, 2.75) is 39.3 Å². The van der Waals surface area contributed by atoms with Crippen LogP contribution in [0.5, 0.6) is 0 Å². The quantitative estimate of drug-likeness (QED) is 0.867. The van der Waals surface area contributed by atoms with Gasteiger partial charge in [0.2, 0.25) is 5.91 Å². The summed E-state index contributed by atoms with van der Waals surface area (Å²) in [7, 11) is 0. The molecule has 2 atom stereocenters. The van der Waals surface area contributed by atoms with Crippen LogP contribution in [0.15, 0.2) is 18.2 Å². The van der Waals surface area contributed by atoms with Gasteiger partial charge >= 0.3 is 0 Å². The predicted molar refractivity (Wildman–Crippen MR) is 77.8 cm³/mol. The molecule has 4 N–H and O–H groups in total. The minimum atomic E-state index is -0.195. The van der Waals surface area contributed by atoms with Crippen molar-refractivity contribution in [1.82, 2.24) is 0 Å². The molecule has 0 radical (unpaired) electrons. The van der Waals surface area contributed by atoms with E-state index in [2.05, 4.69) is 30.9 Å². The molecule has 1 aromatic rings. The molecule has 0 bridgehead atoms. The van der Waals surface area contributed by atoms with Crippen LogP contribution in [0.3, 0.4) is 0 Å². The number of benzene rings is 1. The fraction of sp³-hybridized carbons (Fsp3) is 0.533. The van der Waals surface area contributed by atoms with Crippen molar-refractivity contribution in [3.8, 4) is 0 Å². The fourth-order valence-electron chi connectivity index (χ4n) is 2.95. The lowest BCUT2D eigenvalue weighted by Crippen LogP contribution is -2.46. The first-order valence-electron chi connectivity index (χ1n) is 6.89. The van der Waals surface area contributed by atoms with Gasteiger partial charge in [-0.1, -0.05) is 18.2 Å². The third-order valence-corrected chi connectivity index (χ3v) is 4.11. The van der Waals surface area contributed by atoms with Crippen LogP contribution in [0, 0.1) is 12.8 Å². The maximum absolute atomic E-state index is 11.4. The molecular weight excluding hydrogens is 238 g/mol. The molecule has 1 heterocycles. The number of piperidine rings is 1. The molecule has 19 heavy (non-hydrogen) atoms. The predicted octanol–water partition coefficient (Wildman–Crippen LogP) is 1.54. The molecule has 1 aliphatic heterocycles. The Morgan fingerprint density at radius 3 is 2.79 bits per heavy atom. The Balaban J connectivity index is 2.36. The fourth-order valence-corrected chi connectivity index (χ4v) is 2.95. The van der Waals surface area contributed by atoms with Gasteiger partial charge in [0.1, 0.15) is 0 Å². The van der Waals surface area contributed by atoms with Crippen LogP contribution in [-0.2, 0) is 11.3 Å². The molecular formula is C15H23N3O. The van der Waals surface area contributed by atoms with Crippen molar-refractivity contribution in [2.75, 3.05) is 11.4 Å². The van der Waals surface area contributed by atoms with E-state index in [1.165, 1.54) is 11.3 Å². The summed E-state index contributed by atoms with van der Waals surface area (Å²) in [6, 6.07) is 6.60. The molecule has 1 amide bonds. The van der Waals surface area contributed by atoms with Gasteiger partial charge in [-0.3, -0.25) is 4.79 Å². The third kappa shape index (κ3) is 2.73. The average Bonchev–Trinajstić information content (AvgIpc) is 2.39. The molecule has 0 saturated carbocycles. The van der Waals surface area contributed by atoms with Crippen LogP contribution in [0.2, 0.25) is 0 Å². The Bertz CT molecular complexity index is 472. The van der Waals surface area contributed by atoms with Crippen LogP contribution in [0.25, 0.3) is 0 Å². The summed E-state index contributed by atoms with van der Waals surface area (Å²) in [5, 5.41) is 0. The van der Waals surface area contributed by atoms with Gasteiger partial charge in [0.05, 0.1) is 5.92 Å². The zero-order valence-corrected chi connectivity index (χ0v) is 11.7. The van der Waals surface area contributed by atoms with Crippen molar-refractivity contribution in [3.05, 3.63) is 29.3 Å². The van der Waals surface area contributed by atoms with Crippen LogP contribution in [-0.4, -0.2) is 18.5 Å². The summed E-state index contributed by atoms with van der Waals surface area (Å²) in [6.07, 6.45) is 1.88. The average molecular weight is 261 g/mol. The van der Waals surface area contributed by atoms with Gasteiger partial charge in [-0.25, -0.2) is 0 Å². The summed E-state index contributed by atoms with van der Waals surface area (Å²) in [5.74, 6) is -0.249. The Morgan fingerprint density at radius 2 is 2.16 bits per heavy atom. The number of rotatable bonds is 3. The Labute approximate surface area is 114 Å². The summed E-state index contributed by atoms with van der Waals surface area (Å²) >= 11 is 0. The molecule has 1 aliphatic rings. The second kappa shape index (κ2) is 5.61. The first-order chi connectivity index (χ1) is 9.04. The molecule has 4 nitrogen and oxygen atoms in total. The van der Waals surface area contributed by atoms with Crippen molar-refractivity contribution in [2.24, 2.45) is 17.4 Å². The molecule has 1 aromatic carbocycles. The third-order valence-electron chi connectivity index (χ3n) is 4.11. The molecule has 104 valence electrons. The number of primary amides is 1. The van der Waals surface area contributed by atoms with E-state index in [0.717, 1.165) is 18.4 Å². The Hall–Kier alpha value is -1.55. The standard InChI is InChI=1S/C15H23N3O/c1-10-4-3-5-12(8-16)14(10)18-9-13(15(17)19)7-6-11(18)2/h3-5,11,13H,6-9,16H2,1-2H3,(H2,17,19). The summed E-state index contributed by atoms with van der Waals surface area (Å²) in [6.45, 7) is 5.51. The van der Waals surface area contributed by atoms with Crippen LogP contribution in [0.1, 0.15) is 30.9 Å². The molecule has 0 spiro atoms. The van der Waals surface area contributed by atoms with E-state index < -0.39 is 0 Å². The summed E-state index contributed by atoms with van der Waals surface area (Å²) < 4.78 is 0. The van der Waals surface area contributed by atoms with Crippen molar-refractivity contribution in [3.63, 3.8) is 0 Å². The number of carbonyl (C=O) groups excluding carboxylic acids is 1. The number of aryl methyl sites for hydroxylation is 1. The van der Waals surface area contributed by atoms with E-state index >= 15 is 0 Å². The van der Waals surface area contributed by atoms with E-state index in [1.54, 1.807) is 0 Å². The SMILES string of the molecule is Cc1cccc(CN)c1N1CC(C(N)=O)CCC1C. The highest BCUT2D eigenvalue weighted by atomic mass is 16.1. The van der Waals surface area contributed by atoms with Crippen LogP contribution < -0.4 is 16.4 Å². The number of para-hydroxylation sites is 1. The highest BCUT2D eigenvalue weighted by molar-refractivity contribution is 5.78. The second-order valence-corrected chi connectivity index (χ2v) is 5.46. The molecule has 2 unspecified atom stereocenters. The van der Waals surface area contributed by atoms with Gasteiger partial charge in [0.15, 0.2) is 0 Å². The zero-order chi connectivity index (χ0) is 14.0. The monoisotopic (exact) mass is 261 g/mol. The Kier molecular flexibility index (Phi) is 4.10. The van der Waals surface area contributed by atoms with E-state index in [-0.39, 0.29) is 11.8 Å². The van der Waals surface area contributed by atoms with Gasteiger partial charge in [0, 0.05) is 24.8 Å². The molecule has 1 saturated heterocycles. The second-order valence-electron chi connectivity index (χ2n) is 5.46. The number of amides is 1. The van der Waals surface area contributed by atoms with E-state index in [9.17, 15) is 4.79 Å². The smallest absolute Gasteiger partial charge is 0.222 e. The number of nitrogens with zero attached hydrogens (tertiary/aromatic N) is 1. The highest BCUT2D eigenvalue weighted by Gasteiger charge is 2.30. The first-order valence-corrected chi connectivity index (χ1v) is 6.89. The van der Waals surface area contributed by atoms with E-state index in [4.69, 9.17) is 11.5 Å². The maximum atomic E-state index is 11.4. The van der Waals surface area contributed by atoms with Gasteiger partial charge in [0.25, 0.3) is 0 Å². The summed E-state index contributed by atoms with van der Waals surface area (Å²) in [4.78, 5) is 13.8. The summed E-state index contributed by atoms with van der Waals surface area (Å²) in [5.41, 5.74) is 14.8. The normalized spacial score (nSPS) is 23.4. The molecule has 4 heteroatoms. The molecule has 0 aliphatic carbocycles. The van der Waals surface area contributed by atoms with Gasteiger partial charge < -0.3 is 16.4 Å². The van der Waals surface area contributed by atoms with Crippen LogP contribution >= 0.6 is 0 Å².